The third-order valence-electron chi connectivity index (χ3n) is 1.74. The van der Waals surface area contributed by atoms with Gasteiger partial charge in [-0.1, -0.05) is 11.6 Å². The molecule has 0 atom stereocenters. The van der Waals surface area contributed by atoms with Gasteiger partial charge in [0.05, 0.1) is 5.02 Å². The summed E-state index contributed by atoms with van der Waals surface area (Å²) in [5.74, 6) is -0.704. The van der Waals surface area contributed by atoms with Crippen LogP contribution >= 0.6 is 11.6 Å². The number of carbonyl (C=O) groups excluding carboxylic acids is 1. The predicted octanol–water partition coefficient (Wildman–Crippen LogP) is 3.85. The zero-order chi connectivity index (χ0) is 15.7. The van der Waals surface area contributed by atoms with Gasteiger partial charge in [0.15, 0.2) is 0 Å². The summed E-state index contributed by atoms with van der Waals surface area (Å²) in [5.41, 5.74) is -0.921. The summed E-state index contributed by atoms with van der Waals surface area (Å²) < 4.78 is 40.4. The molecule has 1 rings (SSSR count). The van der Waals surface area contributed by atoms with Crippen LogP contribution in [0.5, 0.6) is 0 Å². The van der Waals surface area contributed by atoms with Gasteiger partial charge < -0.3 is 4.74 Å². The first-order valence-corrected chi connectivity index (χ1v) is 5.28. The van der Waals surface area contributed by atoms with Crippen molar-refractivity contribution in [3.8, 4) is 0 Å². The van der Waals surface area contributed by atoms with Gasteiger partial charge in [0, 0.05) is 16.8 Å². The Balaban J connectivity index is 3.20. The highest BCUT2D eigenvalue weighted by Gasteiger charge is 2.20. The lowest BCUT2D eigenvalue weighted by molar-refractivity contribution is 0.0589. The maximum atomic E-state index is 13.1. The second-order valence-electron chi connectivity index (χ2n) is 4.41. The average molecular weight is 263 g/mol. The van der Waals surface area contributed by atoms with Gasteiger partial charge in [-0.25, -0.2) is 9.18 Å². The minimum atomic E-state index is -2.77. The molecule has 0 N–H and O–H groups in total. The van der Waals surface area contributed by atoms with Crippen LogP contribution in [0.2, 0.25) is 5.02 Å². The number of benzene rings is 1. The quantitative estimate of drug-likeness (QED) is 0.769. The zero-order valence-electron chi connectivity index (χ0n) is 12.8. The standard InChI is InChI=1S/C12H15ClFNO2/c1-12(2,3)17-11(16)15(4)8-5-6-10(14)9(13)7-8/h5-7H,1-4H3/i4D3. The van der Waals surface area contributed by atoms with Gasteiger partial charge in [0.1, 0.15) is 11.4 Å². The van der Waals surface area contributed by atoms with Gasteiger partial charge in [-0.2, -0.15) is 0 Å². The maximum Gasteiger partial charge on any atom is 0.414 e. The van der Waals surface area contributed by atoms with Gasteiger partial charge in [-0.05, 0) is 39.0 Å². The molecule has 0 heterocycles. The third-order valence-corrected chi connectivity index (χ3v) is 2.03. The van der Waals surface area contributed by atoms with E-state index in [4.69, 9.17) is 20.5 Å². The molecule has 0 radical (unpaired) electrons. The lowest BCUT2D eigenvalue weighted by atomic mass is 10.2. The van der Waals surface area contributed by atoms with Crippen molar-refractivity contribution in [2.45, 2.75) is 26.4 Å². The highest BCUT2D eigenvalue weighted by atomic mass is 35.5. The van der Waals surface area contributed by atoms with Crippen LogP contribution in [0.15, 0.2) is 18.2 Å². The van der Waals surface area contributed by atoms with Crippen LogP contribution in [0.3, 0.4) is 0 Å². The van der Waals surface area contributed by atoms with E-state index in [1.165, 1.54) is 0 Å². The number of amides is 1. The first kappa shape index (κ1) is 9.71. The minimum Gasteiger partial charge on any atom is -0.443 e. The summed E-state index contributed by atoms with van der Waals surface area (Å²) in [4.78, 5) is 12.5. The maximum absolute atomic E-state index is 13.1. The molecule has 0 aromatic heterocycles. The highest BCUT2D eigenvalue weighted by molar-refractivity contribution is 6.31. The Morgan fingerprint density at radius 1 is 1.53 bits per heavy atom. The fourth-order valence-electron chi connectivity index (χ4n) is 1.04. The Labute approximate surface area is 109 Å². The van der Waals surface area contributed by atoms with Gasteiger partial charge in [0.25, 0.3) is 0 Å². The molecule has 5 heteroatoms. The van der Waals surface area contributed by atoms with Gasteiger partial charge in [-0.3, -0.25) is 4.90 Å². The molecule has 0 aliphatic rings. The van der Waals surface area contributed by atoms with Gasteiger partial charge in [-0.15, -0.1) is 0 Å². The van der Waals surface area contributed by atoms with E-state index in [1.54, 1.807) is 20.8 Å². The minimum absolute atomic E-state index is 0.0642. The summed E-state index contributed by atoms with van der Waals surface area (Å²) in [6.07, 6.45) is -1.06. The van der Waals surface area contributed by atoms with Crippen LogP contribution < -0.4 is 4.90 Å². The van der Waals surface area contributed by atoms with E-state index in [-0.39, 0.29) is 10.7 Å². The topological polar surface area (TPSA) is 29.5 Å². The molecular weight excluding hydrogens is 245 g/mol. The molecule has 1 aromatic rings. The van der Waals surface area contributed by atoms with Crippen LogP contribution in [-0.2, 0) is 4.74 Å². The third kappa shape index (κ3) is 3.89. The van der Waals surface area contributed by atoms with Crippen LogP contribution in [0.25, 0.3) is 0 Å². The van der Waals surface area contributed by atoms with E-state index >= 15 is 0 Å². The van der Waals surface area contributed by atoms with E-state index in [0.29, 0.717) is 4.90 Å². The van der Waals surface area contributed by atoms with Crippen molar-refractivity contribution in [1.82, 2.24) is 0 Å². The normalized spacial score (nSPS) is 14.5. The molecule has 0 bridgehead atoms. The summed E-state index contributed by atoms with van der Waals surface area (Å²) >= 11 is 5.61. The summed E-state index contributed by atoms with van der Waals surface area (Å²) in [5, 5.41) is -0.277. The zero-order valence-corrected chi connectivity index (χ0v) is 10.5. The summed E-state index contributed by atoms with van der Waals surface area (Å²) in [6.45, 7) is 2.06. The first-order chi connectivity index (χ1) is 8.92. The van der Waals surface area contributed by atoms with E-state index in [1.807, 2.05) is 0 Å². The lowest BCUT2D eigenvalue weighted by Gasteiger charge is -2.24. The SMILES string of the molecule is [2H]C([2H])([2H])N(C(=O)OC(C)(C)C)c1ccc(F)c(Cl)c1. The smallest absolute Gasteiger partial charge is 0.414 e. The molecule has 0 spiro atoms. The van der Waals surface area contributed by atoms with Crippen molar-refractivity contribution < 1.29 is 18.0 Å². The molecule has 0 saturated heterocycles. The Morgan fingerprint density at radius 3 is 2.65 bits per heavy atom. The van der Waals surface area contributed by atoms with Crippen molar-refractivity contribution in [2.75, 3.05) is 11.9 Å². The van der Waals surface area contributed by atoms with Crippen molar-refractivity contribution in [3.63, 3.8) is 0 Å². The molecule has 1 amide bonds. The number of rotatable bonds is 1. The molecule has 17 heavy (non-hydrogen) atoms. The average Bonchev–Trinajstić information content (AvgIpc) is 2.18. The molecule has 3 nitrogen and oxygen atoms in total. The van der Waals surface area contributed by atoms with Gasteiger partial charge >= 0.3 is 6.09 Å². The molecule has 0 saturated carbocycles. The highest BCUT2D eigenvalue weighted by Crippen LogP contribution is 2.23. The Kier molecular flexibility index (Phi) is 2.81. The number of nitrogens with zero attached hydrogens (tertiary/aromatic N) is 1. The molecular formula is C12H15ClFNO2. The number of hydrogen-bond acceptors (Lipinski definition) is 2. The van der Waals surface area contributed by atoms with Crippen molar-refractivity contribution >= 4 is 23.4 Å². The van der Waals surface area contributed by atoms with Crippen molar-refractivity contribution in [1.29, 1.82) is 0 Å². The van der Waals surface area contributed by atoms with E-state index in [9.17, 15) is 9.18 Å². The van der Waals surface area contributed by atoms with Crippen molar-refractivity contribution in [3.05, 3.63) is 29.0 Å². The Bertz CT molecular complexity index is 514. The summed E-state index contributed by atoms with van der Waals surface area (Å²) in [6, 6.07) is 3.20. The van der Waals surface area contributed by atoms with E-state index < -0.39 is 24.5 Å². The molecule has 1 aromatic carbocycles. The van der Waals surface area contributed by atoms with E-state index in [2.05, 4.69) is 0 Å². The number of hydrogen-bond donors (Lipinski definition) is 0. The second-order valence-corrected chi connectivity index (χ2v) is 4.82. The number of ether oxygens (including phenoxy) is 1. The molecule has 94 valence electrons. The lowest BCUT2D eigenvalue weighted by Crippen LogP contribution is -2.34. The largest absolute Gasteiger partial charge is 0.443 e. The van der Waals surface area contributed by atoms with Crippen LogP contribution in [0.1, 0.15) is 24.9 Å². The predicted molar refractivity (Wildman–Crippen MR) is 66.0 cm³/mol. The monoisotopic (exact) mass is 262 g/mol. The van der Waals surface area contributed by atoms with Gasteiger partial charge in [0.2, 0.25) is 0 Å². The Morgan fingerprint density at radius 2 is 2.18 bits per heavy atom. The molecule has 0 fully saturated rings. The fraction of sp³-hybridized carbons (Fsp3) is 0.417. The number of halogens is 2. The molecule has 0 unspecified atom stereocenters. The first-order valence-electron chi connectivity index (χ1n) is 6.40. The number of carbonyl (C=O) groups is 1. The number of anilines is 1. The van der Waals surface area contributed by atoms with Crippen LogP contribution in [0.4, 0.5) is 14.9 Å². The molecule has 0 aliphatic heterocycles. The van der Waals surface area contributed by atoms with Crippen LogP contribution in [0, 0.1) is 5.82 Å². The summed E-state index contributed by atoms with van der Waals surface area (Å²) in [7, 11) is 0. The van der Waals surface area contributed by atoms with Crippen molar-refractivity contribution in [2.24, 2.45) is 0 Å². The van der Waals surface area contributed by atoms with E-state index in [0.717, 1.165) is 18.2 Å². The Hall–Kier alpha value is -1.29. The van der Waals surface area contributed by atoms with Crippen LogP contribution in [-0.4, -0.2) is 18.7 Å². The fourth-order valence-corrected chi connectivity index (χ4v) is 1.21. The second kappa shape index (κ2) is 4.92. The molecule has 0 aliphatic carbocycles.